The number of para-hydroxylation sites is 1. The maximum atomic E-state index is 12.9. The molecule has 4 aromatic rings. The number of anilines is 1. The van der Waals surface area contributed by atoms with Gasteiger partial charge in [0.1, 0.15) is 11.8 Å². The van der Waals surface area contributed by atoms with Gasteiger partial charge in [0.15, 0.2) is 11.4 Å². The fourth-order valence-electron chi connectivity index (χ4n) is 4.21. The number of amides is 2. The Hall–Kier alpha value is -4.06. The van der Waals surface area contributed by atoms with Crippen molar-refractivity contribution in [2.24, 2.45) is 5.73 Å². The molecule has 174 valence electrons. The molecule has 0 bridgehead atoms. The number of nitrogens with zero attached hydrogens (tertiary/aromatic N) is 3. The number of ether oxygens (including phenoxy) is 1. The smallest absolute Gasteiger partial charge is 0.269 e. The van der Waals surface area contributed by atoms with Gasteiger partial charge in [-0.15, -0.1) is 0 Å². The standard InChI is InChI=1S/C25H17Cl2N5O3/c26-18-7-4-13(8-21(18)35-24-14(11-28)2-1-3-19(24)27)15-9-22(33)32(12-15)16-5-6-17-20(10-16)30-31-23(17)25(29)34/h1-8,10,15H,9,12H2,(H2,29,34)(H,30,31)/t15-/m0/s1. The molecule has 2 heterocycles. The van der Waals surface area contributed by atoms with Gasteiger partial charge in [-0.2, -0.15) is 10.4 Å². The lowest BCUT2D eigenvalue weighted by Crippen LogP contribution is -2.24. The van der Waals surface area contributed by atoms with Crippen LogP contribution in [0.2, 0.25) is 10.0 Å². The maximum Gasteiger partial charge on any atom is 0.269 e. The number of carbonyl (C=O) groups is 2. The van der Waals surface area contributed by atoms with Crippen LogP contribution in [0.3, 0.4) is 0 Å². The summed E-state index contributed by atoms with van der Waals surface area (Å²) < 4.78 is 5.94. The van der Waals surface area contributed by atoms with Crippen molar-refractivity contribution in [1.82, 2.24) is 10.2 Å². The number of halogens is 2. The highest BCUT2D eigenvalue weighted by atomic mass is 35.5. The molecule has 10 heteroatoms. The molecule has 3 N–H and O–H groups in total. The molecule has 8 nitrogen and oxygen atoms in total. The number of carbonyl (C=O) groups excluding carboxylic acids is 2. The molecule has 0 aliphatic carbocycles. The Morgan fingerprint density at radius 3 is 2.77 bits per heavy atom. The van der Waals surface area contributed by atoms with Gasteiger partial charge in [0.25, 0.3) is 5.91 Å². The molecule has 1 saturated heterocycles. The minimum absolute atomic E-state index is 0.0423. The van der Waals surface area contributed by atoms with Crippen LogP contribution in [-0.2, 0) is 4.79 Å². The van der Waals surface area contributed by atoms with Crippen molar-refractivity contribution in [1.29, 1.82) is 5.26 Å². The van der Waals surface area contributed by atoms with Gasteiger partial charge >= 0.3 is 0 Å². The Kier molecular flexibility index (Phi) is 5.81. The third-order valence-electron chi connectivity index (χ3n) is 5.94. The summed E-state index contributed by atoms with van der Waals surface area (Å²) >= 11 is 12.6. The Labute approximate surface area is 209 Å². The lowest BCUT2D eigenvalue weighted by atomic mass is 9.98. The van der Waals surface area contributed by atoms with Gasteiger partial charge in [-0.3, -0.25) is 14.7 Å². The topological polar surface area (TPSA) is 125 Å². The largest absolute Gasteiger partial charge is 0.453 e. The third kappa shape index (κ3) is 4.16. The number of nitriles is 1. The number of rotatable bonds is 5. The zero-order chi connectivity index (χ0) is 24.7. The minimum atomic E-state index is -0.624. The van der Waals surface area contributed by atoms with E-state index in [1.807, 2.05) is 6.07 Å². The van der Waals surface area contributed by atoms with Crippen LogP contribution >= 0.6 is 23.2 Å². The summed E-state index contributed by atoms with van der Waals surface area (Å²) in [5.74, 6) is -0.206. The molecule has 3 aromatic carbocycles. The van der Waals surface area contributed by atoms with Gasteiger partial charge < -0.3 is 15.4 Å². The zero-order valence-electron chi connectivity index (χ0n) is 18.1. The molecule has 0 spiro atoms. The Bertz CT molecular complexity index is 1540. The van der Waals surface area contributed by atoms with E-state index < -0.39 is 5.91 Å². The number of aromatic nitrogens is 2. The number of aromatic amines is 1. The van der Waals surface area contributed by atoms with Crippen molar-refractivity contribution in [3.8, 4) is 17.6 Å². The van der Waals surface area contributed by atoms with Gasteiger partial charge in [-0.05, 0) is 48.0 Å². The number of benzene rings is 3. The first-order valence-corrected chi connectivity index (χ1v) is 11.4. The fraction of sp³-hybridized carbons (Fsp3) is 0.120. The van der Waals surface area contributed by atoms with Crippen LogP contribution in [0.15, 0.2) is 54.6 Å². The van der Waals surface area contributed by atoms with E-state index in [2.05, 4.69) is 16.3 Å². The van der Waals surface area contributed by atoms with Crippen LogP contribution in [0.25, 0.3) is 10.9 Å². The first kappa shape index (κ1) is 22.7. The Balaban J connectivity index is 1.41. The van der Waals surface area contributed by atoms with Crippen molar-refractivity contribution in [2.45, 2.75) is 12.3 Å². The van der Waals surface area contributed by atoms with E-state index in [1.54, 1.807) is 53.4 Å². The van der Waals surface area contributed by atoms with Crippen LogP contribution in [0.4, 0.5) is 5.69 Å². The number of nitrogens with one attached hydrogen (secondary N) is 1. The van der Waals surface area contributed by atoms with Crippen LogP contribution in [0, 0.1) is 11.3 Å². The summed E-state index contributed by atoms with van der Waals surface area (Å²) in [7, 11) is 0. The van der Waals surface area contributed by atoms with Crippen molar-refractivity contribution in [3.05, 3.63) is 81.5 Å². The van der Waals surface area contributed by atoms with E-state index in [0.29, 0.717) is 45.4 Å². The lowest BCUT2D eigenvalue weighted by Gasteiger charge is -2.18. The van der Waals surface area contributed by atoms with Crippen molar-refractivity contribution >= 4 is 51.6 Å². The van der Waals surface area contributed by atoms with E-state index in [-0.39, 0.29) is 28.8 Å². The summed E-state index contributed by atoms with van der Waals surface area (Å²) in [6.07, 6.45) is 0.296. The Morgan fingerprint density at radius 1 is 1.17 bits per heavy atom. The van der Waals surface area contributed by atoms with Gasteiger partial charge in [-0.25, -0.2) is 0 Å². The molecule has 1 fully saturated rings. The fourth-order valence-corrected chi connectivity index (χ4v) is 4.58. The van der Waals surface area contributed by atoms with Crippen molar-refractivity contribution in [3.63, 3.8) is 0 Å². The molecule has 35 heavy (non-hydrogen) atoms. The van der Waals surface area contributed by atoms with E-state index in [1.165, 1.54) is 0 Å². The lowest BCUT2D eigenvalue weighted by molar-refractivity contribution is -0.117. The number of hydrogen-bond donors (Lipinski definition) is 2. The first-order valence-electron chi connectivity index (χ1n) is 10.6. The first-order chi connectivity index (χ1) is 16.9. The summed E-state index contributed by atoms with van der Waals surface area (Å²) in [6, 6.07) is 17.5. The SMILES string of the molecule is N#Cc1cccc(Cl)c1Oc1cc([C@H]2CC(=O)N(c3ccc4c(C(N)=O)n[nH]c4c3)C2)ccc1Cl. The number of fused-ring (bicyclic) bond motifs is 1. The normalized spacial score (nSPS) is 15.4. The summed E-state index contributed by atoms with van der Waals surface area (Å²) in [4.78, 5) is 26.1. The number of H-pyrrole nitrogens is 1. The monoisotopic (exact) mass is 505 g/mol. The zero-order valence-corrected chi connectivity index (χ0v) is 19.6. The number of hydrogen-bond acceptors (Lipinski definition) is 5. The average molecular weight is 506 g/mol. The molecule has 1 atom stereocenters. The van der Waals surface area contributed by atoms with E-state index in [9.17, 15) is 14.9 Å². The molecule has 1 aromatic heterocycles. The van der Waals surface area contributed by atoms with Gasteiger partial charge in [0, 0.05) is 30.0 Å². The third-order valence-corrected chi connectivity index (χ3v) is 6.55. The second-order valence-corrected chi connectivity index (χ2v) is 8.91. The highest BCUT2D eigenvalue weighted by Gasteiger charge is 2.32. The molecule has 2 amide bonds. The summed E-state index contributed by atoms with van der Waals surface area (Å²) in [6.45, 7) is 0.442. The summed E-state index contributed by atoms with van der Waals surface area (Å²) in [5.41, 5.74) is 7.96. The van der Waals surface area contributed by atoms with E-state index >= 15 is 0 Å². The van der Waals surface area contributed by atoms with Crippen LogP contribution < -0.4 is 15.4 Å². The number of nitrogens with two attached hydrogens (primary N) is 1. The second-order valence-electron chi connectivity index (χ2n) is 8.09. The molecule has 0 saturated carbocycles. The molecule has 1 aliphatic rings. The van der Waals surface area contributed by atoms with E-state index in [0.717, 1.165) is 5.56 Å². The Morgan fingerprint density at radius 2 is 2.00 bits per heavy atom. The second kappa shape index (κ2) is 8.95. The highest BCUT2D eigenvalue weighted by Crippen LogP contribution is 2.40. The highest BCUT2D eigenvalue weighted by molar-refractivity contribution is 6.33. The average Bonchev–Trinajstić information content (AvgIpc) is 3.44. The van der Waals surface area contributed by atoms with Crippen molar-refractivity contribution < 1.29 is 14.3 Å². The molecule has 1 aliphatic heterocycles. The molecule has 0 unspecified atom stereocenters. The van der Waals surface area contributed by atoms with Crippen LogP contribution in [0.5, 0.6) is 11.5 Å². The van der Waals surface area contributed by atoms with Gasteiger partial charge in [0.05, 0.1) is 21.1 Å². The maximum absolute atomic E-state index is 12.9. The summed E-state index contributed by atoms with van der Waals surface area (Å²) in [5, 5.41) is 17.4. The molecular weight excluding hydrogens is 489 g/mol. The number of primary amides is 1. The van der Waals surface area contributed by atoms with Gasteiger partial charge in [0.2, 0.25) is 5.91 Å². The molecule has 5 rings (SSSR count). The van der Waals surface area contributed by atoms with Crippen LogP contribution in [-0.4, -0.2) is 28.6 Å². The quantitative estimate of drug-likeness (QED) is 0.387. The minimum Gasteiger partial charge on any atom is -0.453 e. The molecule has 0 radical (unpaired) electrons. The van der Waals surface area contributed by atoms with Crippen molar-refractivity contribution in [2.75, 3.05) is 11.4 Å². The van der Waals surface area contributed by atoms with Crippen LogP contribution in [0.1, 0.15) is 34.0 Å². The molecular formula is C25H17Cl2N5O3. The predicted molar refractivity (Wildman–Crippen MR) is 132 cm³/mol. The van der Waals surface area contributed by atoms with Gasteiger partial charge in [-0.1, -0.05) is 35.3 Å². The predicted octanol–water partition coefficient (Wildman–Crippen LogP) is 5.15. The van der Waals surface area contributed by atoms with E-state index in [4.69, 9.17) is 33.7 Å².